The van der Waals surface area contributed by atoms with Crippen LogP contribution in [-0.4, -0.2) is 38.8 Å². The Morgan fingerprint density at radius 2 is 1.62 bits per heavy atom. The van der Waals surface area contributed by atoms with Gasteiger partial charge in [-0.3, -0.25) is 0 Å². The molecule has 1 aromatic rings. The number of aliphatic hydroxyl groups is 1. The van der Waals surface area contributed by atoms with Crippen molar-refractivity contribution in [1.29, 1.82) is 0 Å². The highest BCUT2D eigenvalue weighted by atomic mass is 32.2. The maximum Gasteiger partial charge on any atom is 0.192 e. The van der Waals surface area contributed by atoms with Gasteiger partial charge in [0.2, 0.25) is 0 Å². The van der Waals surface area contributed by atoms with Crippen LogP contribution in [0.5, 0.6) is 0 Å². The van der Waals surface area contributed by atoms with Crippen molar-refractivity contribution >= 4 is 18.2 Å². The second-order valence-corrected chi connectivity index (χ2v) is 13.9. The minimum atomic E-state index is -3.54. The highest BCUT2D eigenvalue weighted by molar-refractivity contribution is 7.91. The molecule has 1 aliphatic carbocycles. The molecule has 0 saturated heterocycles. The van der Waals surface area contributed by atoms with Gasteiger partial charge in [-0.25, -0.2) is 8.42 Å². The van der Waals surface area contributed by atoms with E-state index in [4.69, 9.17) is 4.43 Å². The van der Waals surface area contributed by atoms with Crippen LogP contribution in [0.4, 0.5) is 0 Å². The third kappa shape index (κ3) is 3.47. The topological polar surface area (TPSA) is 63.6 Å². The molecule has 1 N–H and O–H groups in total. The van der Waals surface area contributed by atoms with E-state index in [9.17, 15) is 13.5 Å². The van der Waals surface area contributed by atoms with Gasteiger partial charge in [-0.2, -0.15) is 0 Å². The molecule has 1 saturated carbocycles. The van der Waals surface area contributed by atoms with E-state index in [0.29, 0.717) is 12.8 Å². The summed E-state index contributed by atoms with van der Waals surface area (Å²) in [7, 11) is -5.46. The normalized spacial score (nSPS) is 27.7. The van der Waals surface area contributed by atoms with Gasteiger partial charge in [0.15, 0.2) is 18.2 Å². The van der Waals surface area contributed by atoms with Crippen molar-refractivity contribution in [1.82, 2.24) is 0 Å². The highest BCUT2D eigenvalue weighted by Gasteiger charge is 2.60. The zero-order chi connectivity index (χ0) is 18.1. The third-order valence-electron chi connectivity index (χ3n) is 5.91. The molecule has 0 bridgehead atoms. The number of rotatable bonds is 8. The third-order valence-corrected chi connectivity index (χ3v) is 12.5. The van der Waals surface area contributed by atoms with Crippen molar-refractivity contribution in [2.75, 3.05) is 5.75 Å². The fourth-order valence-corrected chi connectivity index (χ4v) is 8.60. The van der Waals surface area contributed by atoms with Crippen molar-refractivity contribution in [3.63, 3.8) is 0 Å². The van der Waals surface area contributed by atoms with Crippen molar-refractivity contribution in [2.24, 2.45) is 0 Å². The molecule has 1 aromatic carbocycles. The SMILES string of the molecule is CC[Si](CC)(CC)O[C@]1(C)CC[C@]1(O)CS(=O)(=O)c1ccccc1. The first kappa shape index (κ1) is 19.6. The van der Waals surface area contributed by atoms with Crippen LogP contribution in [0.3, 0.4) is 0 Å². The summed E-state index contributed by atoms with van der Waals surface area (Å²) < 4.78 is 31.9. The smallest absolute Gasteiger partial charge is 0.192 e. The largest absolute Gasteiger partial charge is 0.409 e. The highest BCUT2D eigenvalue weighted by Crippen LogP contribution is 2.49. The number of sulfone groups is 1. The molecule has 1 aliphatic rings. The lowest BCUT2D eigenvalue weighted by Crippen LogP contribution is -2.68. The van der Waals surface area contributed by atoms with Crippen LogP contribution in [0.25, 0.3) is 0 Å². The quantitative estimate of drug-likeness (QED) is 0.708. The molecule has 0 spiro atoms. The summed E-state index contributed by atoms with van der Waals surface area (Å²) in [5.41, 5.74) is -2.07. The van der Waals surface area contributed by atoms with Crippen molar-refractivity contribution < 1.29 is 18.0 Å². The van der Waals surface area contributed by atoms with Crippen molar-refractivity contribution in [3.8, 4) is 0 Å². The molecule has 2 atom stereocenters. The van der Waals surface area contributed by atoms with Crippen LogP contribution in [0.1, 0.15) is 40.5 Å². The summed E-state index contributed by atoms with van der Waals surface area (Å²) in [5, 5.41) is 11.1. The van der Waals surface area contributed by atoms with E-state index < -0.39 is 29.4 Å². The monoisotopic (exact) mass is 370 g/mol. The predicted molar refractivity (Wildman–Crippen MR) is 99.4 cm³/mol. The average molecular weight is 371 g/mol. The van der Waals surface area contributed by atoms with Gasteiger partial charge >= 0.3 is 0 Å². The van der Waals surface area contributed by atoms with E-state index in [2.05, 4.69) is 20.8 Å². The van der Waals surface area contributed by atoms with E-state index in [0.717, 1.165) is 18.1 Å². The lowest BCUT2D eigenvalue weighted by Gasteiger charge is -2.57. The molecule has 6 heteroatoms. The van der Waals surface area contributed by atoms with Gasteiger partial charge in [0, 0.05) is 0 Å². The van der Waals surface area contributed by atoms with Crippen LogP contribution in [0, 0.1) is 0 Å². The predicted octanol–water partition coefficient (Wildman–Crippen LogP) is 3.77. The number of hydrogen-bond donors (Lipinski definition) is 1. The minimum Gasteiger partial charge on any atom is -0.409 e. The Morgan fingerprint density at radius 1 is 1.08 bits per heavy atom. The maximum absolute atomic E-state index is 12.7. The van der Waals surface area contributed by atoms with Crippen LogP contribution in [0.2, 0.25) is 18.1 Å². The summed E-state index contributed by atoms with van der Waals surface area (Å²) in [6.45, 7) is 8.31. The minimum absolute atomic E-state index is 0.262. The van der Waals surface area contributed by atoms with Gasteiger partial charge in [0.25, 0.3) is 0 Å². The van der Waals surface area contributed by atoms with Gasteiger partial charge < -0.3 is 9.53 Å². The van der Waals surface area contributed by atoms with Gasteiger partial charge in [-0.15, -0.1) is 0 Å². The van der Waals surface area contributed by atoms with E-state index in [-0.39, 0.29) is 10.6 Å². The number of hydrogen-bond acceptors (Lipinski definition) is 4. The first-order valence-corrected chi connectivity index (χ1v) is 13.0. The first-order chi connectivity index (χ1) is 11.2. The van der Waals surface area contributed by atoms with Crippen molar-refractivity contribution in [3.05, 3.63) is 30.3 Å². The summed E-state index contributed by atoms with van der Waals surface area (Å²) in [5.74, 6) is -0.276. The molecule has 0 aliphatic heterocycles. The van der Waals surface area contributed by atoms with E-state index in [1.165, 1.54) is 0 Å². The zero-order valence-corrected chi connectivity index (χ0v) is 17.0. The summed E-state index contributed by atoms with van der Waals surface area (Å²) in [6, 6.07) is 11.3. The molecule has 0 amide bonds. The average Bonchev–Trinajstić information content (AvgIpc) is 2.59. The summed E-state index contributed by atoms with van der Waals surface area (Å²) in [4.78, 5) is 0.262. The Kier molecular flexibility index (Phi) is 5.64. The molecule has 136 valence electrons. The number of benzene rings is 1. The molecule has 0 heterocycles. The van der Waals surface area contributed by atoms with E-state index in [1.807, 2.05) is 6.92 Å². The van der Waals surface area contributed by atoms with Crippen LogP contribution in [-0.2, 0) is 14.3 Å². The Morgan fingerprint density at radius 3 is 2.04 bits per heavy atom. The second kappa shape index (κ2) is 6.90. The standard InChI is InChI=1S/C18H30O4SSi/c1-5-24(6-2,7-3)22-17(4)13-14-18(17,19)15-23(20,21)16-11-9-8-10-12-16/h8-12,19H,5-7,13-15H2,1-4H3/t17-,18+/m1/s1. The Bertz CT molecular complexity index is 649. The van der Waals surface area contributed by atoms with Gasteiger partial charge in [0.05, 0.1) is 16.2 Å². The lowest BCUT2D eigenvalue weighted by atomic mass is 9.67. The fourth-order valence-electron chi connectivity index (χ4n) is 3.61. The Labute approximate surface area is 147 Å². The maximum atomic E-state index is 12.7. The molecular formula is C18H30O4SSi. The molecule has 24 heavy (non-hydrogen) atoms. The second-order valence-electron chi connectivity index (χ2n) is 7.18. The molecule has 0 aromatic heterocycles. The molecular weight excluding hydrogens is 340 g/mol. The summed E-state index contributed by atoms with van der Waals surface area (Å²) >= 11 is 0. The molecule has 2 rings (SSSR count). The van der Waals surface area contributed by atoms with E-state index in [1.54, 1.807) is 30.3 Å². The van der Waals surface area contributed by atoms with Crippen LogP contribution in [0.15, 0.2) is 35.2 Å². The molecule has 1 fully saturated rings. The zero-order valence-electron chi connectivity index (χ0n) is 15.2. The Hall–Kier alpha value is -0.693. The van der Waals surface area contributed by atoms with Gasteiger partial charge in [-0.05, 0) is 50.0 Å². The van der Waals surface area contributed by atoms with Crippen LogP contribution >= 0.6 is 0 Å². The lowest BCUT2D eigenvalue weighted by molar-refractivity contribution is -0.188. The van der Waals surface area contributed by atoms with E-state index >= 15 is 0 Å². The molecule has 0 radical (unpaired) electrons. The molecule has 4 nitrogen and oxygen atoms in total. The van der Waals surface area contributed by atoms with Crippen LogP contribution < -0.4 is 0 Å². The van der Waals surface area contributed by atoms with Gasteiger partial charge in [0.1, 0.15) is 5.60 Å². The fraction of sp³-hybridized carbons (Fsp3) is 0.667. The van der Waals surface area contributed by atoms with Crippen molar-refractivity contribution in [2.45, 2.75) is 74.8 Å². The summed E-state index contributed by atoms with van der Waals surface area (Å²) in [6.07, 6.45) is 1.18. The first-order valence-electron chi connectivity index (χ1n) is 8.86. The Balaban J connectivity index is 2.24. The molecule has 0 unspecified atom stereocenters. The van der Waals surface area contributed by atoms with Gasteiger partial charge in [-0.1, -0.05) is 39.0 Å².